The Hall–Kier alpha value is -7.41. The highest BCUT2D eigenvalue weighted by molar-refractivity contribution is 6.26. The Morgan fingerprint density at radius 1 is 0.585 bits per heavy atom. The Labute approximate surface area is 482 Å². The van der Waals surface area contributed by atoms with Crippen LogP contribution in [0.15, 0.2) is 109 Å². The molecule has 2 N–H and O–H groups in total. The third-order valence-corrected chi connectivity index (χ3v) is 14.8. The number of carbonyl (C=O) groups is 3. The molecule has 436 valence electrons. The first-order valence-electron chi connectivity index (χ1n) is 28.8. The first-order chi connectivity index (χ1) is 40.0. The van der Waals surface area contributed by atoms with Gasteiger partial charge in [-0.05, 0) is 115 Å². The van der Waals surface area contributed by atoms with E-state index in [1.54, 1.807) is 43.5 Å². The van der Waals surface area contributed by atoms with Crippen molar-refractivity contribution in [3.05, 3.63) is 148 Å². The molecule has 0 unspecified atom stereocenters. The summed E-state index contributed by atoms with van der Waals surface area (Å²) in [4.78, 5) is 48.9. The molecular weight excluding hydrogens is 1040 g/mol. The van der Waals surface area contributed by atoms with Crippen LogP contribution in [0.25, 0.3) is 10.8 Å². The SMILES string of the molecule is COCCOc1cc(CCNc2ccc3c4c(cccc24)C(=O)N(Cc2ccc(C(=O)NCC(C)C)cc2)C3=O)ccc1N1CCOc2cc(C)ccc2N2CCOCCOCCN(CCOCCOCC2)c2ccc(C)cc2OCC1. The second-order valence-corrected chi connectivity index (χ2v) is 21.3. The number of aryl methyl sites for hydroxylation is 2. The summed E-state index contributed by atoms with van der Waals surface area (Å²) in [6, 6.07) is 35.3. The second-order valence-electron chi connectivity index (χ2n) is 21.3. The van der Waals surface area contributed by atoms with Crippen LogP contribution in [0.1, 0.15) is 67.2 Å². The van der Waals surface area contributed by atoms with Gasteiger partial charge in [0.25, 0.3) is 17.7 Å². The topological polar surface area (TPSA) is 162 Å². The molecule has 0 aliphatic carbocycles. The monoisotopic (exact) mass is 1120 g/mol. The van der Waals surface area contributed by atoms with Crippen molar-refractivity contribution in [1.82, 2.24) is 10.2 Å². The molecule has 3 amide bonds. The summed E-state index contributed by atoms with van der Waals surface area (Å²) in [6.45, 7) is 18.5. The number of benzene rings is 6. The van der Waals surface area contributed by atoms with Crippen molar-refractivity contribution in [2.24, 2.45) is 5.92 Å². The number of imide groups is 1. The van der Waals surface area contributed by atoms with Crippen molar-refractivity contribution in [2.75, 3.05) is 159 Å². The first-order valence-corrected chi connectivity index (χ1v) is 28.8. The smallest absolute Gasteiger partial charge is 0.261 e. The number of ether oxygens (including phenoxy) is 8. The number of fused-ring (bicyclic) bond motifs is 20. The summed E-state index contributed by atoms with van der Waals surface area (Å²) in [5.41, 5.74) is 9.08. The van der Waals surface area contributed by atoms with Crippen LogP contribution in [0.2, 0.25) is 0 Å². The van der Waals surface area contributed by atoms with Crippen molar-refractivity contribution < 1.29 is 52.3 Å². The van der Waals surface area contributed by atoms with Crippen LogP contribution < -0.4 is 39.5 Å². The summed E-state index contributed by atoms with van der Waals surface area (Å²) < 4.78 is 50.1. The molecule has 4 heterocycles. The van der Waals surface area contributed by atoms with Gasteiger partial charge in [0.05, 0.1) is 96.2 Å². The van der Waals surface area contributed by atoms with E-state index in [2.05, 4.69) is 93.8 Å². The summed E-state index contributed by atoms with van der Waals surface area (Å²) in [5, 5.41) is 7.98. The number of hydrogen-bond donors (Lipinski definition) is 2. The Morgan fingerprint density at radius 3 is 1.70 bits per heavy atom. The normalized spacial score (nSPS) is 16.3. The Morgan fingerprint density at radius 2 is 1.12 bits per heavy atom. The summed E-state index contributed by atoms with van der Waals surface area (Å²) >= 11 is 0. The van der Waals surface area contributed by atoms with E-state index in [0.29, 0.717) is 172 Å². The zero-order chi connectivity index (χ0) is 57.2. The van der Waals surface area contributed by atoms with E-state index >= 15 is 0 Å². The highest BCUT2D eigenvalue weighted by Gasteiger charge is 2.33. The second kappa shape index (κ2) is 29.5. The number of amides is 3. The molecule has 6 aromatic carbocycles. The minimum Gasteiger partial charge on any atom is -0.490 e. The van der Waals surface area contributed by atoms with Crippen molar-refractivity contribution in [1.29, 1.82) is 0 Å². The number of nitrogens with zero attached hydrogens (tertiary/aromatic N) is 4. The summed E-state index contributed by atoms with van der Waals surface area (Å²) in [6.07, 6.45) is 0.644. The van der Waals surface area contributed by atoms with E-state index in [-0.39, 0.29) is 24.3 Å². The maximum Gasteiger partial charge on any atom is 0.261 e. The van der Waals surface area contributed by atoms with Gasteiger partial charge in [0.15, 0.2) is 0 Å². The number of nitrogens with one attached hydrogen (secondary N) is 2. The lowest BCUT2D eigenvalue weighted by Gasteiger charge is -2.30. The van der Waals surface area contributed by atoms with Crippen molar-refractivity contribution >= 4 is 51.2 Å². The van der Waals surface area contributed by atoms with Crippen LogP contribution in [0.3, 0.4) is 0 Å². The Balaban J connectivity index is 0.949. The Kier molecular flexibility index (Phi) is 21.3. The molecule has 10 rings (SSSR count). The number of carbonyl (C=O) groups excluding carboxylic acids is 3. The molecule has 82 heavy (non-hydrogen) atoms. The summed E-state index contributed by atoms with van der Waals surface area (Å²) in [5.74, 6) is 1.72. The quantitative estimate of drug-likeness (QED) is 0.0604. The largest absolute Gasteiger partial charge is 0.490 e. The molecule has 4 aliphatic heterocycles. The lowest BCUT2D eigenvalue weighted by Crippen LogP contribution is -2.39. The minimum atomic E-state index is -0.360. The number of methoxy groups -OCH3 is 1. The maximum absolute atomic E-state index is 14.1. The fourth-order valence-corrected chi connectivity index (χ4v) is 10.4. The zero-order valence-corrected chi connectivity index (χ0v) is 48.3. The van der Waals surface area contributed by atoms with Crippen LogP contribution >= 0.6 is 0 Å². The predicted molar refractivity (Wildman–Crippen MR) is 321 cm³/mol. The van der Waals surface area contributed by atoms with Gasteiger partial charge in [0, 0.05) is 79.5 Å². The van der Waals surface area contributed by atoms with Crippen LogP contribution in [-0.4, -0.2) is 161 Å². The van der Waals surface area contributed by atoms with Gasteiger partial charge in [-0.3, -0.25) is 19.3 Å². The molecule has 17 nitrogen and oxygen atoms in total. The van der Waals surface area contributed by atoms with E-state index in [0.717, 1.165) is 61.9 Å². The van der Waals surface area contributed by atoms with Crippen LogP contribution in [0.4, 0.5) is 22.7 Å². The third-order valence-electron chi connectivity index (χ3n) is 14.8. The van der Waals surface area contributed by atoms with Crippen LogP contribution in [0.5, 0.6) is 17.2 Å². The van der Waals surface area contributed by atoms with Gasteiger partial charge in [0.2, 0.25) is 0 Å². The zero-order valence-electron chi connectivity index (χ0n) is 48.3. The fourth-order valence-electron chi connectivity index (χ4n) is 10.4. The predicted octanol–water partition coefficient (Wildman–Crippen LogP) is 8.99. The molecule has 1 saturated heterocycles. The molecule has 0 spiro atoms. The molecular formula is C65H80N6O11. The highest BCUT2D eigenvalue weighted by Crippen LogP contribution is 2.37. The van der Waals surface area contributed by atoms with Gasteiger partial charge in [0.1, 0.15) is 37.1 Å². The van der Waals surface area contributed by atoms with E-state index < -0.39 is 0 Å². The van der Waals surface area contributed by atoms with Gasteiger partial charge >= 0.3 is 0 Å². The van der Waals surface area contributed by atoms with Crippen molar-refractivity contribution in [3.63, 3.8) is 0 Å². The number of rotatable bonds is 14. The third kappa shape index (κ3) is 15.6. The van der Waals surface area contributed by atoms with E-state index in [4.69, 9.17) is 37.9 Å². The van der Waals surface area contributed by atoms with Crippen molar-refractivity contribution in [3.8, 4) is 17.2 Å². The van der Waals surface area contributed by atoms with Gasteiger partial charge in [-0.2, -0.15) is 0 Å². The maximum atomic E-state index is 14.1. The minimum absolute atomic E-state index is 0.0802. The molecule has 17 heteroatoms. The van der Waals surface area contributed by atoms with Crippen LogP contribution in [0, 0.1) is 19.8 Å². The van der Waals surface area contributed by atoms with Gasteiger partial charge in [-0.1, -0.05) is 56.3 Å². The van der Waals surface area contributed by atoms with E-state index in [1.807, 2.05) is 32.0 Å². The fraction of sp³-hybridized carbons (Fsp3) is 0.431. The van der Waals surface area contributed by atoms with Crippen LogP contribution in [-0.2, 0) is 36.6 Å². The molecule has 2 bridgehead atoms. The van der Waals surface area contributed by atoms with Crippen molar-refractivity contribution in [2.45, 2.75) is 40.7 Å². The van der Waals surface area contributed by atoms with E-state index in [9.17, 15) is 14.4 Å². The van der Waals surface area contributed by atoms with Gasteiger partial charge in [-0.15, -0.1) is 0 Å². The molecule has 1 fully saturated rings. The molecule has 0 saturated carbocycles. The Bertz CT molecular complexity index is 2980. The average Bonchev–Trinajstić information content (AvgIpc) is 2.71. The first kappa shape index (κ1) is 59.2. The van der Waals surface area contributed by atoms with E-state index in [1.165, 1.54) is 4.90 Å². The molecule has 0 atom stereocenters. The molecule has 0 radical (unpaired) electrons. The highest BCUT2D eigenvalue weighted by atomic mass is 16.5. The lowest BCUT2D eigenvalue weighted by atomic mass is 9.92. The lowest BCUT2D eigenvalue weighted by molar-refractivity contribution is 0.0435. The molecule has 0 aromatic heterocycles. The molecule has 4 aliphatic rings. The number of hydrogen-bond acceptors (Lipinski definition) is 15. The van der Waals surface area contributed by atoms with Gasteiger partial charge < -0.3 is 63.2 Å². The summed E-state index contributed by atoms with van der Waals surface area (Å²) in [7, 11) is 1.66. The standard InChI is InChI=1S/C65H80N6O11/c1-46(2)44-67-63(72)51-14-11-50(12-15-51)45-71-64(73)53-8-6-7-52-55(17-16-54(62(52)53)65(71)74)66-22-21-49-13-20-58(61(43-49)82-40-35-75-5)70-27-33-80-59-41-47(3)9-18-56(59)68-23-29-76-36-38-78-31-25-69(26-32-79-39-37-77-30-24-68)57-19-10-48(4)42-60(57)81-34-28-70/h6-20,41-43,46,66H,21-40,44-45H2,1-5H3,(H,67,72). The molecule has 6 aromatic rings. The average molecular weight is 1120 g/mol. The van der Waals surface area contributed by atoms with Gasteiger partial charge in [-0.25, -0.2) is 0 Å². The number of anilines is 4.